The first-order valence-corrected chi connectivity index (χ1v) is 7.35. The van der Waals surface area contributed by atoms with Crippen LogP contribution < -0.4 is 5.56 Å². The second-order valence-electron chi connectivity index (χ2n) is 5.39. The van der Waals surface area contributed by atoms with Crippen LogP contribution in [0.25, 0.3) is 23.0 Å². The number of rotatable bonds is 3. The zero-order valence-corrected chi connectivity index (χ0v) is 13.5. The van der Waals surface area contributed by atoms with Gasteiger partial charge in [-0.2, -0.15) is 10.1 Å². The average Bonchev–Trinajstić information content (AvgIpc) is 3.02. The maximum atomic E-state index is 12.5. The van der Waals surface area contributed by atoms with E-state index in [0.717, 1.165) is 23.4 Å². The SMILES string of the molecule is CCc1c(C)cc(-c2nc(-c3ccc(C)nn3)no2)c(=O)n1C. The van der Waals surface area contributed by atoms with Gasteiger partial charge in [-0.3, -0.25) is 4.79 Å². The van der Waals surface area contributed by atoms with Gasteiger partial charge in [-0.1, -0.05) is 12.1 Å². The summed E-state index contributed by atoms with van der Waals surface area (Å²) < 4.78 is 6.88. The molecular formula is C16H17N5O2. The molecule has 3 heterocycles. The predicted molar refractivity (Wildman–Crippen MR) is 84.9 cm³/mol. The Hall–Kier alpha value is -2.83. The Bertz CT molecular complexity index is 909. The molecule has 0 fully saturated rings. The molecular weight excluding hydrogens is 294 g/mol. The van der Waals surface area contributed by atoms with Crippen LogP contribution in [-0.4, -0.2) is 24.9 Å². The Morgan fingerprint density at radius 3 is 2.65 bits per heavy atom. The summed E-state index contributed by atoms with van der Waals surface area (Å²) in [5, 5.41) is 11.9. The summed E-state index contributed by atoms with van der Waals surface area (Å²) in [6.07, 6.45) is 0.784. The van der Waals surface area contributed by atoms with E-state index in [4.69, 9.17) is 4.52 Å². The molecule has 0 aliphatic heterocycles. The van der Waals surface area contributed by atoms with Crippen molar-refractivity contribution in [2.45, 2.75) is 27.2 Å². The molecule has 0 atom stereocenters. The fraction of sp³-hybridized carbons (Fsp3) is 0.312. The zero-order chi connectivity index (χ0) is 16.6. The lowest BCUT2D eigenvalue weighted by atomic mass is 10.1. The number of pyridine rings is 1. The lowest BCUT2D eigenvalue weighted by Crippen LogP contribution is -2.23. The molecule has 0 bridgehead atoms. The van der Waals surface area contributed by atoms with Gasteiger partial charge in [0.25, 0.3) is 11.4 Å². The van der Waals surface area contributed by atoms with E-state index in [1.54, 1.807) is 23.7 Å². The fourth-order valence-electron chi connectivity index (χ4n) is 2.55. The van der Waals surface area contributed by atoms with Gasteiger partial charge in [0.15, 0.2) is 0 Å². The first-order valence-electron chi connectivity index (χ1n) is 7.35. The molecule has 0 saturated carbocycles. The summed E-state index contributed by atoms with van der Waals surface area (Å²) >= 11 is 0. The van der Waals surface area contributed by atoms with E-state index in [0.29, 0.717) is 17.1 Å². The van der Waals surface area contributed by atoms with E-state index in [2.05, 4.69) is 20.3 Å². The number of nitrogens with zero attached hydrogens (tertiary/aromatic N) is 5. The number of aryl methyl sites for hydroxylation is 2. The van der Waals surface area contributed by atoms with E-state index in [1.807, 2.05) is 26.8 Å². The van der Waals surface area contributed by atoms with Crippen molar-refractivity contribution in [3.05, 3.63) is 45.5 Å². The fourth-order valence-corrected chi connectivity index (χ4v) is 2.55. The van der Waals surface area contributed by atoms with E-state index < -0.39 is 0 Å². The zero-order valence-electron chi connectivity index (χ0n) is 13.5. The van der Waals surface area contributed by atoms with Crippen molar-refractivity contribution in [2.75, 3.05) is 0 Å². The van der Waals surface area contributed by atoms with Crippen molar-refractivity contribution in [2.24, 2.45) is 7.05 Å². The lowest BCUT2D eigenvalue weighted by molar-refractivity contribution is 0.431. The Kier molecular flexibility index (Phi) is 3.77. The molecule has 0 aliphatic rings. The number of hydrogen-bond donors (Lipinski definition) is 0. The molecule has 3 aromatic heterocycles. The first kappa shape index (κ1) is 15.1. The van der Waals surface area contributed by atoms with Crippen LogP contribution in [0, 0.1) is 13.8 Å². The topological polar surface area (TPSA) is 86.7 Å². The smallest absolute Gasteiger partial charge is 0.263 e. The Morgan fingerprint density at radius 1 is 1.22 bits per heavy atom. The molecule has 3 rings (SSSR count). The first-order chi connectivity index (χ1) is 11.0. The summed E-state index contributed by atoms with van der Waals surface area (Å²) in [5.41, 5.74) is 3.54. The molecule has 0 N–H and O–H groups in total. The van der Waals surface area contributed by atoms with E-state index in [1.165, 1.54) is 0 Å². The highest BCUT2D eigenvalue weighted by atomic mass is 16.5. The maximum Gasteiger partial charge on any atom is 0.263 e. The minimum atomic E-state index is -0.155. The van der Waals surface area contributed by atoms with Crippen LogP contribution in [0.3, 0.4) is 0 Å². The Balaban J connectivity index is 2.07. The van der Waals surface area contributed by atoms with Gasteiger partial charge in [0.2, 0.25) is 5.82 Å². The van der Waals surface area contributed by atoms with Crippen LogP contribution in [-0.2, 0) is 13.5 Å². The molecule has 0 spiro atoms. The quantitative estimate of drug-likeness (QED) is 0.736. The molecule has 7 heteroatoms. The second-order valence-corrected chi connectivity index (χ2v) is 5.39. The molecule has 0 unspecified atom stereocenters. The van der Waals surface area contributed by atoms with Crippen LogP contribution in [0.2, 0.25) is 0 Å². The van der Waals surface area contributed by atoms with E-state index in [-0.39, 0.29) is 11.4 Å². The van der Waals surface area contributed by atoms with Gasteiger partial charge in [-0.15, -0.1) is 5.10 Å². The standard InChI is InChI=1S/C16H17N5O2/c1-5-13-9(2)8-11(16(22)21(13)4)15-17-14(20-23-15)12-7-6-10(3)18-19-12/h6-8H,5H2,1-4H3. The molecule has 7 nitrogen and oxygen atoms in total. The highest BCUT2D eigenvalue weighted by Gasteiger charge is 2.17. The highest BCUT2D eigenvalue weighted by Crippen LogP contribution is 2.20. The summed E-state index contributed by atoms with van der Waals surface area (Å²) in [4.78, 5) is 16.8. The third kappa shape index (κ3) is 2.65. The molecule has 0 radical (unpaired) electrons. The van der Waals surface area contributed by atoms with Crippen molar-refractivity contribution in [1.29, 1.82) is 0 Å². The molecule has 0 saturated heterocycles. The van der Waals surface area contributed by atoms with Gasteiger partial charge >= 0.3 is 0 Å². The maximum absolute atomic E-state index is 12.5. The summed E-state index contributed by atoms with van der Waals surface area (Å²) in [6.45, 7) is 5.83. The summed E-state index contributed by atoms with van der Waals surface area (Å²) in [5.74, 6) is 0.500. The normalized spacial score (nSPS) is 11.0. The van der Waals surface area contributed by atoms with Gasteiger partial charge in [-0.25, -0.2) is 0 Å². The summed E-state index contributed by atoms with van der Waals surface area (Å²) in [7, 11) is 1.75. The van der Waals surface area contributed by atoms with Crippen molar-refractivity contribution in [3.63, 3.8) is 0 Å². The van der Waals surface area contributed by atoms with Crippen molar-refractivity contribution in [1.82, 2.24) is 24.9 Å². The largest absolute Gasteiger partial charge is 0.333 e. The minimum absolute atomic E-state index is 0.155. The molecule has 118 valence electrons. The van der Waals surface area contributed by atoms with E-state index >= 15 is 0 Å². The molecule has 3 aromatic rings. The number of aromatic nitrogens is 5. The Labute approximate surface area is 133 Å². The van der Waals surface area contributed by atoms with Gasteiger partial charge in [-0.05, 0) is 44.0 Å². The van der Waals surface area contributed by atoms with Crippen LogP contribution in [0.4, 0.5) is 0 Å². The molecule has 0 aliphatic carbocycles. The van der Waals surface area contributed by atoms with Gasteiger partial charge in [0, 0.05) is 12.7 Å². The second kappa shape index (κ2) is 5.75. The Morgan fingerprint density at radius 2 is 2.00 bits per heavy atom. The predicted octanol–water partition coefficient (Wildman–Crippen LogP) is 2.07. The van der Waals surface area contributed by atoms with Crippen molar-refractivity contribution in [3.8, 4) is 23.0 Å². The average molecular weight is 311 g/mol. The van der Waals surface area contributed by atoms with Crippen LogP contribution in [0.15, 0.2) is 27.5 Å². The van der Waals surface area contributed by atoms with Gasteiger partial charge in [0.05, 0.1) is 5.69 Å². The van der Waals surface area contributed by atoms with Crippen LogP contribution in [0.5, 0.6) is 0 Å². The third-order valence-electron chi connectivity index (χ3n) is 3.77. The van der Waals surface area contributed by atoms with Crippen LogP contribution in [0.1, 0.15) is 23.9 Å². The molecule has 0 aromatic carbocycles. The number of hydrogen-bond acceptors (Lipinski definition) is 6. The van der Waals surface area contributed by atoms with Gasteiger partial charge in [0.1, 0.15) is 11.3 Å². The van der Waals surface area contributed by atoms with Gasteiger partial charge < -0.3 is 9.09 Å². The third-order valence-corrected chi connectivity index (χ3v) is 3.77. The van der Waals surface area contributed by atoms with Crippen molar-refractivity contribution < 1.29 is 4.52 Å². The molecule has 0 amide bonds. The van der Waals surface area contributed by atoms with E-state index in [9.17, 15) is 4.79 Å². The van der Waals surface area contributed by atoms with Crippen LogP contribution >= 0.6 is 0 Å². The highest BCUT2D eigenvalue weighted by molar-refractivity contribution is 5.57. The lowest BCUT2D eigenvalue weighted by Gasteiger charge is -2.10. The van der Waals surface area contributed by atoms with Crippen molar-refractivity contribution >= 4 is 0 Å². The molecule has 23 heavy (non-hydrogen) atoms. The minimum Gasteiger partial charge on any atom is -0.333 e. The summed E-state index contributed by atoms with van der Waals surface area (Å²) in [6, 6.07) is 5.37. The monoisotopic (exact) mass is 311 g/mol.